The highest BCUT2D eigenvalue weighted by atomic mass is 32.2. The highest BCUT2D eigenvalue weighted by molar-refractivity contribution is 7.91. The van der Waals surface area contributed by atoms with Crippen LogP contribution in [-0.4, -0.2) is 45.2 Å². The number of nitrogens with one attached hydrogen (secondary N) is 1. The molecule has 9 heteroatoms. The van der Waals surface area contributed by atoms with Crippen molar-refractivity contribution in [3.8, 4) is 0 Å². The standard InChI is InChI=1S/C23H27NO7S/c1-3-4-14-30-23(27)18-7-9-19(10-8-18)24-21(25)16-31-22(26)13-15-32(28,29)20-11-5-17(2)6-12-20/h5-12H,3-4,13-16H2,1-2H3,(H,24,25). The van der Waals surface area contributed by atoms with Gasteiger partial charge in [0.1, 0.15) is 0 Å². The van der Waals surface area contributed by atoms with E-state index in [9.17, 15) is 22.8 Å². The van der Waals surface area contributed by atoms with E-state index in [0.29, 0.717) is 17.9 Å². The number of hydrogen-bond acceptors (Lipinski definition) is 7. The first-order chi connectivity index (χ1) is 15.2. The van der Waals surface area contributed by atoms with Crippen molar-refractivity contribution >= 4 is 33.4 Å². The highest BCUT2D eigenvalue weighted by Gasteiger charge is 2.17. The van der Waals surface area contributed by atoms with Gasteiger partial charge in [-0.25, -0.2) is 13.2 Å². The summed E-state index contributed by atoms with van der Waals surface area (Å²) in [4.78, 5) is 35.8. The van der Waals surface area contributed by atoms with Gasteiger partial charge in [0.2, 0.25) is 0 Å². The summed E-state index contributed by atoms with van der Waals surface area (Å²) < 4.78 is 34.5. The van der Waals surface area contributed by atoms with E-state index in [2.05, 4.69) is 5.32 Å². The van der Waals surface area contributed by atoms with Crippen LogP contribution in [0.4, 0.5) is 5.69 Å². The Labute approximate surface area is 187 Å². The molecule has 1 N–H and O–H groups in total. The number of hydrogen-bond donors (Lipinski definition) is 1. The predicted molar refractivity (Wildman–Crippen MR) is 119 cm³/mol. The number of benzene rings is 2. The van der Waals surface area contributed by atoms with Crippen molar-refractivity contribution in [2.24, 2.45) is 0 Å². The zero-order chi connectivity index (χ0) is 23.6. The van der Waals surface area contributed by atoms with Gasteiger partial charge in [-0.1, -0.05) is 31.0 Å². The molecule has 0 radical (unpaired) electrons. The van der Waals surface area contributed by atoms with Gasteiger partial charge >= 0.3 is 11.9 Å². The SMILES string of the molecule is CCCCOC(=O)c1ccc(NC(=O)COC(=O)CCS(=O)(=O)c2ccc(C)cc2)cc1. The fourth-order valence-electron chi connectivity index (χ4n) is 2.58. The number of ether oxygens (including phenoxy) is 2. The van der Waals surface area contributed by atoms with Crippen molar-refractivity contribution in [2.45, 2.75) is 38.0 Å². The summed E-state index contributed by atoms with van der Waals surface area (Å²) in [5.41, 5.74) is 1.70. The molecular formula is C23H27NO7S. The number of rotatable bonds is 11. The number of esters is 2. The van der Waals surface area contributed by atoms with E-state index in [0.717, 1.165) is 18.4 Å². The number of carbonyl (C=O) groups excluding carboxylic acids is 3. The molecule has 32 heavy (non-hydrogen) atoms. The Balaban J connectivity index is 1.75. The van der Waals surface area contributed by atoms with Gasteiger partial charge in [0.15, 0.2) is 16.4 Å². The third-order valence-corrected chi connectivity index (χ3v) is 6.19. The molecule has 2 aromatic carbocycles. The van der Waals surface area contributed by atoms with Crippen LogP contribution in [0.15, 0.2) is 53.4 Å². The number of amides is 1. The van der Waals surface area contributed by atoms with E-state index in [-0.39, 0.29) is 11.3 Å². The normalized spacial score (nSPS) is 10.9. The third-order valence-electron chi connectivity index (χ3n) is 4.45. The molecule has 8 nitrogen and oxygen atoms in total. The fourth-order valence-corrected chi connectivity index (χ4v) is 3.80. The molecule has 0 atom stereocenters. The monoisotopic (exact) mass is 461 g/mol. The number of aryl methyl sites for hydroxylation is 1. The van der Waals surface area contributed by atoms with Crippen LogP contribution in [0.25, 0.3) is 0 Å². The summed E-state index contributed by atoms with van der Waals surface area (Å²) in [7, 11) is -3.62. The lowest BCUT2D eigenvalue weighted by Gasteiger charge is -2.08. The van der Waals surface area contributed by atoms with E-state index in [1.807, 2.05) is 13.8 Å². The molecule has 0 fully saturated rings. The van der Waals surface area contributed by atoms with Gasteiger partial charge in [-0.05, 0) is 49.7 Å². The van der Waals surface area contributed by atoms with Crippen LogP contribution in [0, 0.1) is 6.92 Å². The molecule has 0 saturated heterocycles. The van der Waals surface area contributed by atoms with Crippen molar-refractivity contribution in [3.63, 3.8) is 0 Å². The van der Waals surface area contributed by atoms with Gasteiger partial charge in [0, 0.05) is 5.69 Å². The third kappa shape index (κ3) is 8.14. The summed E-state index contributed by atoms with van der Waals surface area (Å²) in [6.07, 6.45) is 1.35. The smallest absolute Gasteiger partial charge is 0.338 e. The largest absolute Gasteiger partial charge is 0.462 e. The van der Waals surface area contributed by atoms with Crippen molar-refractivity contribution in [2.75, 3.05) is 24.3 Å². The summed E-state index contributed by atoms with van der Waals surface area (Å²) in [5, 5.41) is 2.53. The maximum Gasteiger partial charge on any atom is 0.338 e. The number of unbranched alkanes of at least 4 members (excludes halogenated alkanes) is 1. The fraction of sp³-hybridized carbons (Fsp3) is 0.348. The second kappa shape index (κ2) is 12.0. The molecule has 0 saturated carbocycles. The van der Waals surface area contributed by atoms with Crippen molar-refractivity contribution in [1.29, 1.82) is 0 Å². The van der Waals surface area contributed by atoms with Crippen LogP contribution in [0.5, 0.6) is 0 Å². The van der Waals surface area contributed by atoms with Crippen LogP contribution in [-0.2, 0) is 28.9 Å². The summed E-state index contributed by atoms with van der Waals surface area (Å²) >= 11 is 0. The Morgan fingerprint density at radius 1 is 0.938 bits per heavy atom. The van der Waals surface area contributed by atoms with E-state index in [4.69, 9.17) is 9.47 Å². The summed E-state index contributed by atoms with van der Waals surface area (Å²) in [6, 6.07) is 12.4. The second-order valence-corrected chi connectivity index (χ2v) is 9.27. The molecule has 0 aliphatic rings. The Morgan fingerprint density at radius 2 is 1.59 bits per heavy atom. The van der Waals surface area contributed by atoms with Gasteiger partial charge in [0.25, 0.3) is 5.91 Å². The quantitative estimate of drug-likeness (QED) is 0.403. The first-order valence-corrected chi connectivity index (χ1v) is 11.9. The topological polar surface area (TPSA) is 116 Å². The molecule has 0 aliphatic heterocycles. The first kappa shape index (κ1) is 25.1. The molecule has 0 unspecified atom stereocenters. The van der Waals surface area contributed by atoms with E-state index >= 15 is 0 Å². The average molecular weight is 462 g/mol. The highest BCUT2D eigenvalue weighted by Crippen LogP contribution is 2.14. The van der Waals surface area contributed by atoms with Gasteiger partial charge in [-0.15, -0.1) is 0 Å². The van der Waals surface area contributed by atoms with E-state index < -0.39 is 40.0 Å². The van der Waals surface area contributed by atoms with Crippen LogP contribution in [0.3, 0.4) is 0 Å². The zero-order valence-corrected chi connectivity index (χ0v) is 18.9. The molecular weight excluding hydrogens is 434 g/mol. The second-order valence-electron chi connectivity index (χ2n) is 7.16. The van der Waals surface area contributed by atoms with E-state index in [1.54, 1.807) is 12.1 Å². The van der Waals surface area contributed by atoms with Crippen LogP contribution < -0.4 is 5.32 Å². The predicted octanol–water partition coefficient (Wildman–Crippen LogP) is 3.30. The maximum atomic E-state index is 12.3. The molecule has 0 heterocycles. The van der Waals surface area contributed by atoms with Crippen LogP contribution in [0.2, 0.25) is 0 Å². The number of carbonyl (C=O) groups is 3. The Bertz CT molecular complexity index is 1030. The lowest BCUT2D eigenvalue weighted by atomic mass is 10.2. The minimum Gasteiger partial charge on any atom is -0.462 e. The molecule has 0 spiro atoms. The lowest BCUT2D eigenvalue weighted by Crippen LogP contribution is -2.22. The minimum absolute atomic E-state index is 0.131. The molecule has 172 valence electrons. The van der Waals surface area contributed by atoms with Crippen molar-refractivity contribution in [3.05, 3.63) is 59.7 Å². The molecule has 0 aromatic heterocycles. The zero-order valence-electron chi connectivity index (χ0n) is 18.1. The maximum absolute atomic E-state index is 12.3. The van der Waals surface area contributed by atoms with Gasteiger partial charge in [-0.3, -0.25) is 9.59 Å². The Hall–Kier alpha value is -3.20. The van der Waals surface area contributed by atoms with Gasteiger partial charge in [-0.2, -0.15) is 0 Å². The van der Waals surface area contributed by atoms with Crippen LogP contribution in [0.1, 0.15) is 42.1 Å². The minimum atomic E-state index is -3.62. The molecule has 0 bridgehead atoms. The average Bonchev–Trinajstić information content (AvgIpc) is 2.77. The molecule has 2 aromatic rings. The van der Waals surface area contributed by atoms with Crippen molar-refractivity contribution in [1.82, 2.24) is 0 Å². The number of sulfone groups is 1. The van der Waals surface area contributed by atoms with Gasteiger partial charge < -0.3 is 14.8 Å². The first-order valence-electron chi connectivity index (χ1n) is 10.2. The Morgan fingerprint density at radius 3 is 2.22 bits per heavy atom. The lowest BCUT2D eigenvalue weighted by molar-refractivity contribution is -0.146. The van der Waals surface area contributed by atoms with Gasteiger partial charge in [0.05, 0.1) is 29.2 Å². The Kier molecular flexibility index (Phi) is 9.39. The van der Waals surface area contributed by atoms with Crippen LogP contribution >= 0.6 is 0 Å². The van der Waals surface area contributed by atoms with E-state index in [1.165, 1.54) is 36.4 Å². The molecule has 0 aliphatic carbocycles. The summed E-state index contributed by atoms with van der Waals surface area (Å²) in [5.74, 6) is -2.23. The molecule has 1 amide bonds. The van der Waals surface area contributed by atoms with Crippen molar-refractivity contribution < 1.29 is 32.3 Å². The number of anilines is 1. The summed E-state index contributed by atoms with van der Waals surface area (Å²) in [6.45, 7) is 3.64. The molecule has 2 rings (SSSR count).